The fourth-order valence-electron chi connectivity index (χ4n) is 2.89. The van der Waals surface area contributed by atoms with Crippen LogP contribution in [0.3, 0.4) is 0 Å². The van der Waals surface area contributed by atoms with Crippen molar-refractivity contribution in [3.63, 3.8) is 0 Å². The largest absolute Gasteiger partial charge is 0.467 e. The van der Waals surface area contributed by atoms with Gasteiger partial charge in [0.2, 0.25) is 5.91 Å². The van der Waals surface area contributed by atoms with Gasteiger partial charge < -0.3 is 10.1 Å². The highest BCUT2D eigenvalue weighted by Crippen LogP contribution is 2.13. The highest BCUT2D eigenvalue weighted by atomic mass is 16.5. The Kier molecular flexibility index (Phi) is 5.61. The summed E-state index contributed by atoms with van der Waals surface area (Å²) in [6, 6.07) is 15.5. The number of hydrogen-bond donors (Lipinski definition) is 2. The molecule has 0 saturated carbocycles. The lowest BCUT2D eigenvalue weighted by Gasteiger charge is -2.16. The van der Waals surface area contributed by atoms with Crippen LogP contribution < -0.4 is 10.9 Å². The predicted octanol–water partition coefficient (Wildman–Crippen LogP) is 1.37. The Balaban J connectivity index is 1.78. The Hall–Kier alpha value is -3.48. The van der Waals surface area contributed by atoms with Crippen LogP contribution in [0.4, 0.5) is 0 Å². The van der Waals surface area contributed by atoms with Gasteiger partial charge in [0, 0.05) is 11.8 Å². The third kappa shape index (κ3) is 4.38. The van der Waals surface area contributed by atoms with E-state index in [0.29, 0.717) is 22.9 Å². The fourth-order valence-corrected chi connectivity index (χ4v) is 2.89. The first kappa shape index (κ1) is 18.3. The van der Waals surface area contributed by atoms with E-state index in [2.05, 4.69) is 15.5 Å². The molecule has 2 aromatic carbocycles. The number of H-pyrrole nitrogens is 1. The molecule has 7 nitrogen and oxygen atoms in total. The number of fused-ring (bicyclic) bond motifs is 1. The number of hydrogen-bond acceptors (Lipinski definition) is 5. The average molecular weight is 365 g/mol. The van der Waals surface area contributed by atoms with E-state index in [1.165, 1.54) is 7.11 Å². The van der Waals surface area contributed by atoms with Gasteiger partial charge in [0.15, 0.2) is 0 Å². The van der Waals surface area contributed by atoms with Crippen molar-refractivity contribution in [1.29, 1.82) is 0 Å². The zero-order valence-electron chi connectivity index (χ0n) is 14.8. The van der Waals surface area contributed by atoms with Gasteiger partial charge in [0.25, 0.3) is 5.56 Å². The number of ether oxygens (including phenoxy) is 1. The van der Waals surface area contributed by atoms with Gasteiger partial charge in [-0.05, 0) is 11.6 Å². The molecule has 0 spiro atoms. The molecule has 7 heteroatoms. The summed E-state index contributed by atoms with van der Waals surface area (Å²) in [6.07, 6.45) is 0.249. The van der Waals surface area contributed by atoms with Gasteiger partial charge >= 0.3 is 5.97 Å². The number of nitrogens with zero attached hydrogens (tertiary/aromatic N) is 1. The molecular formula is C20H19N3O4. The van der Waals surface area contributed by atoms with Crippen LogP contribution in [0.5, 0.6) is 0 Å². The van der Waals surface area contributed by atoms with Crippen LogP contribution in [-0.4, -0.2) is 35.2 Å². The normalized spacial score (nSPS) is 11.7. The minimum atomic E-state index is -0.807. The third-order valence-corrected chi connectivity index (χ3v) is 4.21. The molecule has 1 amide bonds. The molecule has 1 aromatic heterocycles. The van der Waals surface area contributed by atoms with E-state index < -0.39 is 12.0 Å². The minimum absolute atomic E-state index is 0.0699. The number of aromatic nitrogens is 2. The summed E-state index contributed by atoms with van der Waals surface area (Å²) in [4.78, 5) is 36.4. The Morgan fingerprint density at radius 1 is 1.07 bits per heavy atom. The van der Waals surface area contributed by atoms with Gasteiger partial charge in [-0.1, -0.05) is 48.5 Å². The molecule has 0 aliphatic carbocycles. The maximum absolute atomic E-state index is 12.5. The lowest BCUT2D eigenvalue weighted by Crippen LogP contribution is -2.43. The highest BCUT2D eigenvalue weighted by molar-refractivity contribution is 5.90. The van der Waals surface area contributed by atoms with Crippen LogP contribution in [-0.2, 0) is 27.2 Å². The van der Waals surface area contributed by atoms with E-state index in [1.54, 1.807) is 24.3 Å². The molecule has 0 unspecified atom stereocenters. The summed E-state index contributed by atoms with van der Waals surface area (Å²) in [5, 5.41) is 10.2. The Morgan fingerprint density at radius 2 is 1.74 bits per heavy atom. The molecule has 1 atom stereocenters. The first-order valence-electron chi connectivity index (χ1n) is 8.46. The van der Waals surface area contributed by atoms with Crippen LogP contribution in [0.2, 0.25) is 0 Å². The summed E-state index contributed by atoms with van der Waals surface area (Å²) >= 11 is 0. The lowest BCUT2D eigenvalue weighted by atomic mass is 10.1. The van der Waals surface area contributed by atoms with E-state index in [1.807, 2.05) is 30.3 Å². The van der Waals surface area contributed by atoms with E-state index in [4.69, 9.17) is 4.74 Å². The molecule has 0 aliphatic heterocycles. The molecule has 0 radical (unpaired) electrons. The smallest absolute Gasteiger partial charge is 0.328 e. The van der Waals surface area contributed by atoms with Gasteiger partial charge in [-0.15, -0.1) is 0 Å². The van der Waals surface area contributed by atoms with Crippen LogP contribution >= 0.6 is 0 Å². The molecule has 0 fully saturated rings. The van der Waals surface area contributed by atoms with E-state index in [-0.39, 0.29) is 17.9 Å². The van der Waals surface area contributed by atoms with Crippen molar-refractivity contribution in [3.05, 3.63) is 76.2 Å². The number of rotatable bonds is 6. The lowest BCUT2D eigenvalue weighted by molar-refractivity contribution is -0.145. The van der Waals surface area contributed by atoms with Gasteiger partial charge in [-0.2, -0.15) is 5.10 Å². The average Bonchev–Trinajstić information content (AvgIpc) is 2.70. The van der Waals surface area contributed by atoms with E-state index >= 15 is 0 Å². The molecule has 3 aromatic rings. The van der Waals surface area contributed by atoms with Crippen molar-refractivity contribution < 1.29 is 14.3 Å². The van der Waals surface area contributed by atoms with Crippen LogP contribution in [0.1, 0.15) is 11.3 Å². The van der Waals surface area contributed by atoms with Crippen molar-refractivity contribution >= 4 is 22.6 Å². The van der Waals surface area contributed by atoms with Crippen LogP contribution in [0, 0.1) is 0 Å². The molecular weight excluding hydrogens is 346 g/mol. The summed E-state index contributed by atoms with van der Waals surface area (Å²) in [7, 11) is 1.28. The first-order valence-corrected chi connectivity index (χ1v) is 8.46. The maximum atomic E-state index is 12.5. The van der Waals surface area contributed by atoms with Crippen LogP contribution in [0.25, 0.3) is 10.8 Å². The van der Waals surface area contributed by atoms with Crippen molar-refractivity contribution in [1.82, 2.24) is 15.5 Å². The highest BCUT2D eigenvalue weighted by Gasteiger charge is 2.22. The quantitative estimate of drug-likeness (QED) is 0.643. The number of amides is 1. The number of carbonyl (C=O) groups excluding carboxylic acids is 2. The minimum Gasteiger partial charge on any atom is -0.467 e. The number of benzene rings is 2. The molecule has 0 aliphatic rings. The van der Waals surface area contributed by atoms with Crippen molar-refractivity contribution in [2.75, 3.05) is 7.11 Å². The number of esters is 1. The number of methoxy groups -OCH3 is 1. The molecule has 2 N–H and O–H groups in total. The second-order valence-corrected chi connectivity index (χ2v) is 6.05. The van der Waals surface area contributed by atoms with E-state index in [0.717, 1.165) is 5.56 Å². The second kappa shape index (κ2) is 8.27. The first-order chi connectivity index (χ1) is 13.1. The van der Waals surface area contributed by atoms with Gasteiger partial charge in [0.05, 0.1) is 24.6 Å². The van der Waals surface area contributed by atoms with Crippen LogP contribution in [0.15, 0.2) is 59.4 Å². The zero-order valence-corrected chi connectivity index (χ0v) is 14.8. The second-order valence-electron chi connectivity index (χ2n) is 6.05. The summed E-state index contributed by atoms with van der Waals surface area (Å²) in [5.41, 5.74) is 1.03. The SMILES string of the molecule is COC(=O)[C@H](Cc1ccccc1)NC(=O)Cc1n[nH]c(=O)c2ccccc12. The summed E-state index contributed by atoms with van der Waals surface area (Å²) < 4.78 is 4.80. The number of aromatic amines is 1. The summed E-state index contributed by atoms with van der Waals surface area (Å²) in [6.45, 7) is 0. The summed E-state index contributed by atoms with van der Waals surface area (Å²) in [5.74, 6) is -0.905. The topological polar surface area (TPSA) is 101 Å². The number of nitrogens with one attached hydrogen (secondary N) is 2. The molecule has 27 heavy (non-hydrogen) atoms. The zero-order chi connectivity index (χ0) is 19.2. The Labute approximate surface area is 155 Å². The Bertz CT molecular complexity index is 1010. The fraction of sp³-hybridized carbons (Fsp3) is 0.200. The van der Waals surface area contributed by atoms with Crippen molar-refractivity contribution in [3.8, 4) is 0 Å². The molecule has 0 bridgehead atoms. The van der Waals surface area contributed by atoms with Gasteiger partial charge in [0.1, 0.15) is 6.04 Å². The van der Waals surface area contributed by atoms with Gasteiger partial charge in [-0.25, -0.2) is 9.89 Å². The Morgan fingerprint density at radius 3 is 2.44 bits per heavy atom. The van der Waals surface area contributed by atoms with Gasteiger partial charge in [-0.3, -0.25) is 9.59 Å². The maximum Gasteiger partial charge on any atom is 0.328 e. The number of carbonyl (C=O) groups is 2. The standard InChI is InChI=1S/C20H19N3O4/c1-27-20(26)17(11-13-7-3-2-4-8-13)21-18(24)12-16-14-9-5-6-10-15(14)19(25)23-22-16/h2-10,17H,11-12H2,1H3,(H,21,24)(H,23,25)/t17-/m0/s1. The molecule has 138 valence electrons. The van der Waals surface area contributed by atoms with Crippen molar-refractivity contribution in [2.45, 2.75) is 18.9 Å². The predicted molar refractivity (Wildman–Crippen MR) is 100 cm³/mol. The van der Waals surface area contributed by atoms with Crippen molar-refractivity contribution in [2.24, 2.45) is 0 Å². The molecule has 3 rings (SSSR count). The monoisotopic (exact) mass is 365 g/mol. The molecule has 1 heterocycles. The van der Waals surface area contributed by atoms with E-state index in [9.17, 15) is 14.4 Å². The molecule has 0 saturated heterocycles. The third-order valence-electron chi connectivity index (χ3n) is 4.21.